The van der Waals surface area contributed by atoms with Gasteiger partial charge in [0, 0.05) is 17.8 Å². The van der Waals surface area contributed by atoms with Crippen LogP contribution in [0.15, 0.2) is 0 Å². The Labute approximate surface area is 84.9 Å². The molecule has 1 aliphatic rings. The lowest BCUT2D eigenvalue weighted by Crippen LogP contribution is -2.43. The summed E-state index contributed by atoms with van der Waals surface area (Å²) in [6.07, 6.45) is 2.46. The zero-order valence-corrected chi connectivity index (χ0v) is 9.73. The van der Waals surface area contributed by atoms with Crippen molar-refractivity contribution in [1.82, 2.24) is 4.90 Å². The van der Waals surface area contributed by atoms with Crippen LogP contribution in [0, 0.1) is 0 Å². The number of thiocarbonyl (C=S) groups is 1. The standard InChI is InChI=1S/C9H17NS2/c1-4-5-9(2,3)10-6-7-12-8(10)11/h4-7H2,1-3H3. The maximum absolute atomic E-state index is 5.29. The molecule has 70 valence electrons. The molecule has 0 aliphatic carbocycles. The van der Waals surface area contributed by atoms with E-state index in [9.17, 15) is 0 Å². The van der Waals surface area contributed by atoms with Crippen molar-refractivity contribution < 1.29 is 0 Å². The van der Waals surface area contributed by atoms with E-state index in [1.807, 2.05) is 11.8 Å². The minimum absolute atomic E-state index is 0.273. The van der Waals surface area contributed by atoms with Crippen LogP contribution in [0.5, 0.6) is 0 Å². The molecule has 1 aliphatic heterocycles. The normalized spacial score (nSPS) is 18.9. The van der Waals surface area contributed by atoms with Gasteiger partial charge in [-0.1, -0.05) is 37.3 Å². The first-order chi connectivity index (χ1) is 5.58. The Morgan fingerprint density at radius 1 is 1.58 bits per heavy atom. The smallest absolute Gasteiger partial charge is 0.136 e. The highest BCUT2D eigenvalue weighted by Gasteiger charge is 2.31. The molecule has 0 radical (unpaired) electrons. The maximum Gasteiger partial charge on any atom is 0.136 e. The van der Waals surface area contributed by atoms with Crippen molar-refractivity contribution in [2.24, 2.45) is 0 Å². The molecule has 0 unspecified atom stereocenters. The second-order valence-electron chi connectivity index (χ2n) is 3.83. The minimum atomic E-state index is 0.273. The van der Waals surface area contributed by atoms with Gasteiger partial charge in [0.25, 0.3) is 0 Å². The molecule has 1 heterocycles. The van der Waals surface area contributed by atoms with Crippen LogP contribution in [0.1, 0.15) is 33.6 Å². The average molecular weight is 203 g/mol. The number of thioether (sulfide) groups is 1. The molecule has 0 bridgehead atoms. The lowest BCUT2D eigenvalue weighted by atomic mass is 9.97. The van der Waals surface area contributed by atoms with Gasteiger partial charge in [0.2, 0.25) is 0 Å². The topological polar surface area (TPSA) is 3.24 Å². The van der Waals surface area contributed by atoms with Crippen molar-refractivity contribution in [2.75, 3.05) is 12.3 Å². The summed E-state index contributed by atoms with van der Waals surface area (Å²) >= 11 is 7.11. The molecule has 1 rings (SSSR count). The Balaban J connectivity index is 2.60. The zero-order chi connectivity index (χ0) is 9.19. The van der Waals surface area contributed by atoms with Gasteiger partial charge in [-0.05, 0) is 20.3 Å². The fraction of sp³-hybridized carbons (Fsp3) is 0.889. The van der Waals surface area contributed by atoms with Gasteiger partial charge in [-0.15, -0.1) is 0 Å². The molecule has 1 nitrogen and oxygen atoms in total. The van der Waals surface area contributed by atoms with Crippen LogP contribution >= 0.6 is 24.0 Å². The van der Waals surface area contributed by atoms with Gasteiger partial charge >= 0.3 is 0 Å². The van der Waals surface area contributed by atoms with Gasteiger partial charge < -0.3 is 4.90 Å². The summed E-state index contributed by atoms with van der Waals surface area (Å²) in [6, 6.07) is 0. The lowest BCUT2D eigenvalue weighted by molar-refractivity contribution is 0.220. The van der Waals surface area contributed by atoms with E-state index in [2.05, 4.69) is 25.7 Å². The second kappa shape index (κ2) is 3.97. The maximum atomic E-state index is 5.29. The number of hydrogen-bond donors (Lipinski definition) is 0. The van der Waals surface area contributed by atoms with E-state index < -0.39 is 0 Å². The molecule has 0 saturated carbocycles. The Kier molecular flexibility index (Phi) is 3.41. The third-order valence-corrected chi connectivity index (χ3v) is 3.78. The van der Waals surface area contributed by atoms with Gasteiger partial charge in [0.15, 0.2) is 0 Å². The first kappa shape index (κ1) is 10.3. The first-order valence-corrected chi connectivity index (χ1v) is 5.91. The SMILES string of the molecule is CCCC(C)(C)N1CCSC1=S. The van der Waals surface area contributed by atoms with Crippen molar-refractivity contribution in [2.45, 2.75) is 39.2 Å². The second-order valence-corrected chi connectivity index (χ2v) is 5.56. The first-order valence-electron chi connectivity index (χ1n) is 4.52. The third-order valence-electron chi connectivity index (χ3n) is 2.35. The molecule has 0 aromatic heterocycles. The minimum Gasteiger partial charge on any atom is -0.352 e. The molecular formula is C9H17NS2. The molecule has 0 atom stereocenters. The monoisotopic (exact) mass is 203 g/mol. The van der Waals surface area contributed by atoms with Crippen LogP contribution < -0.4 is 0 Å². The van der Waals surface area contributed by atoms with Crippen LogP contribution in [0.2, 0.25) is 0 Å². The number of hydrogen-bond acceptors (Lipinski definition) is 2. The molecule has 12 heavy (non-hydrogen) atoms. The summed E-state index contributed by atoms with van der Waals surface area (Å²) in [7, 11) is 0. The lowest BCUT2D eigenvalue weighted by Gasteiger charge is -2.36. The predicted octanol–water partition coefficient (Wildman–Crippen LogP) is 2.90. The van der Waals surface area contributed by atoms with Crippen LogP contribution in [0.4, 0.5) is 0 Å². The fourth-order valence-corrected chi connectivity index (χ4v) is 3.22. The molecule has 0 spiro atoms. The highest BCUT2D eigenvalue weighted by Crippen LogP contribution is 2.29. The van der Waals surface area contributed by atoms with Gasteiger partial charge in [0.05, 0.1) is 0 Å². The largest absolute Gasteiger partial charge is 0.352 e. The number of nitrogens with zero attached hydrogens (tertiary/aromatic N) is 1. The Morgan fingerprint density at radius 3 is 2.67 bits per heavy atom. The quantitative estimate of drug-likeness (QED) is 0.649. The van der Waals surface area contributed by atoms with E-state index >= 15 is 0 Å². The molecule has 1 fully saturated rings. The Bertz CT molecular complexity index is 177. The Morgan fingerprint density at radius 2 is 2.25 bits per heavy atom. The fourth-order valence-electron chi connectivity index (χ4n) is 1.69. The number of rotatable bonds is 3. The molecule has 1 saturated heterocycles. The van der Waals surface area contributed by atoms with Gasteiger partial charge in [-0.2, -0.15) is 0 Å². The third kappa shape index (κ3) is 2.13. The van der Waals surface area contributed by atoms with Gasteiger partial charge in [0.1, 0.15) is 4.32 Å². The van der Waals surface area contributed by atoms with E-state index in [-0.39, 0.29) is 5.54 Å². The van der Waals surface area contributed by atoms with E-state index in [1.54, 1.807) is 0 Å². The molecule has 3 heteroatoms. The van der Waals surface area contributed by atoms with E-state index in [1.165, 1.54) is 18.6 Å². The van der Waals surface area contributed by atoms with Crippen LogP contribution in [0.25, 0.3) is 0 Å². The summed E-state index contributed by atoms with van der Waals surface area (Å²) in [5.41, 5.74) is 0.273. The summed E-state index contributed by atoms with van der Waals surface area (Å²) in [4.78, 5) is 2.37. The highest BCUT2D eigenvalue weighted by molar-refractivity contribution is 8.23. The van der Waals surface area contributed by atoms with Crippen molar-refractivity contribution in [3.05, 3.63) is 0 Å². The van der Waals surface area contributed by atoms with Crippen molar-refractivity contribution in [3.8, 4) is 0 Å². The molecular weight excluding hydrogens is 186 g/mol. The van der Waals surface area contributed by atoms with Crippen molar-refractivity contribution in [1.29, 1.82) is 0 Å². The van der Waals surface area contributed by atoms with Gasteiger partial charge in [-0.3, -0.25) is 0 Å². The van der Waals surface area contributed by atoms with E-state index in [0.29, 0.717) is 0 Å². The predicted molar refractivity (Wildman–Crippen MR) is 60.7 cm³/mol. The molecule has 0 amide bonds. The zero-order valence-electron chi connectivity index (χ0n) is 8.09. The van der Waals surface area contributed by atoms with Crippen LogP contribution in [-0.4, -0.2) is 27.1 Å². The summed E-state index contributed by atoms with van der Waals surface area (Å²) in [5, 5.41) is 0. The average Bonchev–Trinajstić information content (AvgIpc) is 2.35. The van der Waals surface area contributed by atoms with Crippen LogP contribution in [0.3, 0.4) is 0 Å². The van der Waals surface area contributed by atoms with Gasteiger partial charge in [-0.25, -0.2) is 0 Å². The summed E-state index contributed by atoms with van der Waals surface area (Å²) in [6.45, 7) is 7.94. The molecule has 0 aromatic carbocycles. The molecule has 0 N–H and O–H groups in total. The Hall–Kier alpha value is 0.240. The van der Waals surface area contributed by atoms with E-state index in [0.717, 1.165) is 10.9 Å². The molecule has 0 aromatic rings. The van der Waals surface area contributed by atoms with E-state index in [4.69, 9.17) is 12.2 Å². The van der Waals surface area contributed by atoms with Crippen molar-refractivity contribution >= 4 is 28.3 Å². The van der Waals surface area contributed by atoms with Crippen LogP contribution in [-0.2, 0) is 0 Å². The van der Waals surface area contributed by atoms with Crippen molar-refractivity contribution in [3.63, 3.8) is 0 Å². The summed E-state index contributed by atoms with van der Waals surface area (Å²) < 4.78 is 1.09. The summed E-state index contributed by atoms with van der Waals surface area (Å²) in [5.74, 6) is 1.17. The highest BCUT2D eigenvalue weighted by atomic mass is 32.2.